The average molecular weight is 938 g/mol. The highest BCUT2D eigenvalue weighted by Gasteiger charge is 2.49. The van der Waals surface area contributed by atoms with Crippen molar-refractivity contribution in [2.45, 2.75) is 98.2 Å². The molecule has 0 aliphatic carbocycles. The summed E-state index contributed by atoms with van der Waals surface area (Å²) in [5.74, 6) is -3.62. The second kappa shape index (κ2) is 20.1. The van der Waals surface area contributed by atoms with Crippen molar-refractivity contribution in [3.05, 3.63) is 77.1 Å². The number of hydrogen-bond acceptors (Lipinski definition) is 23. The molecular weight excluding hydrogens is 888 g/mol. The van der Waals surface area contributed by atoms with Crippen LogP contribution >= 0.6 is 0 Å². The highest BCUT2D eigenvalue weighted by molar-refractivity contribution is 5.87. The van der Waals surface area contributed by atoms with Gasteiger partial charge in [-0.15, -0.1) is 0 Å². The summed E-state index contributed by atoms with van der Waals surface area (Å²) >= 11 is 0. The van der Waals surface area contributed by atoms with Crippen molar-refractivity contribution in [2.24, 2.45) is 0 Å². The van der Waals surface area contributed by atoms with Crippen LogP contribution in [0.15, 0.2) is 60.4 Å². The first-order valence-corrected chi connectivity index (χ1v) is 20.2. The number of carbonyl (C=O) groups excluding carboxylic acids is 1. The predicted molar refractivity (Wildman–Crippen MR) is 215 cm³/mol. The van der Waals surface area contributed by atoms with E-state index in [1.807, 2.05) is 0 Å². The number of esters is 1. The fraction of sp³-hybridized carbons (Fsp3) is 0.452. The van der Waals surface area contributed by atoms with Gasteiger partial charge in [0.15, 0.2) is 28.8 Å². The van der Waals surface area contributed by atoms with E-state index >= 15 is 0 Å². The van der Waals surface area contributed by atoms with Crippen LogP contribution in [0.2, 0.25) is 0 Å². The molecule has 66 heavy (non-hydrogen) atoms. The van der Waals surface area contributed by atoms with Crippen molar-refractivity contribution in [1.82, 2.24) is 0 Å². The van der Waals surface area contributed by atoms with Crippen LogP contribution in [0.3, 0.4) is 0 Å². The zero-order valence-electron chi connectivity index (χ0n) is 34.1. The van der Waals surface area contributed by atoms with Crippen LogP contribution in [-0.2, 0) is 28.5 Å². The Hall–Kier alpha value is -5.55. The molecule has 4 aliphatic rings. The van der Waals surface area contributed by atoms with E-state index in [0.717, 1.165) is 24.3 Å². The fourth-order valence-electron chi connectivity index (χ4n) is 7.39. The number of hydrogen-bond donors (Lipinski definition) is 15. The molecule has 3 fully saturated rings. The highest BCUT2D eigenvalue weighted by atomic mass is 16.7. The molecule has 4 aliphatic heterocycles. The quantitative estimate of drug-likeness (QED) is 0.0339. The van der Waals surface area contributed by atoms with Gasteiger partial charge in [-0.05, 0) is 42.0 Å². The van der Waals surface area contributed by atoms with E-state index in [2.05, 4.69) is 4.74 Å². The Morgan fingerprint density at radius 2 is 1.14 bits per heavy atom. The molecule has 0 amide bonds. The number of aliphatic hydroxyl groups is 12. The second-order valence-electron chi connectivity index (χ2n) is 15.7. The van der Waals surface area contributed by atoms with Gasteiger partial charge in [0.1, 0.15) is 96.9 Å². The highest BCUT2D eigenvalue weighted by Crippen LogP contribution is 2.47. The lowest BCUT2D eigenvalue weighted by atomic mass is 9.98. The van der Waals surface area contributed by atoms with Crippen LogP contribution in [0.1, 0.15) is 22.8 Å². The van der Waals surface area contributed by atoms with Crippen molar-refractivity contribution < 1.29 is 119 Å². The normalized spacial score (nSPS) is 34.4. The minimum atomic E-state index is -1.97. The molecule has 3 saturated heterocycles. The second-order valence-corrected chi connectivity index (χ2v) is 15.7. The lowest BCUT2D eigenvalue weighted by Gasteiger charge is -2.41. The summed E-state index contributed by atoms with van der Waals surface area (Å²) in [7, 11) is 0. The summed E-state index contributed by atoms with van der Waals surface area (Å²) in [6.45, 7) is -2.22. The van der Waals surface area contributed by atoms with E-state index < -0.39 is 147 Å². The molecule has 0 radical (unpaired) electrons. The Kier molecular flexibility index (Phi) is 14.8. The number of phenols is 4. The van der Waals surface area contributed by atoms with Gasteiger partial charge in [0, 0.05) is 18.2 Å². The molecule has 3 aromatic rings. The van der Waals surface area contributed by atoms with E-state index in [4.69, 9.17) is 33.2 Å². The first kappa shape index (κ1) is 48.4. The van der Waals surface area contributed by atoms with Crippen molar-refractivity contribution in [2.75, 3.05) is 19.8 Å². The number of carbonyl (C=O) groups is 1. The summed E-state index contributed by atoms with van der Waals surface area (Å²) in [5, 5.41) is 155. The number of phenolic OH excluding ortho intramolecular Hbond substituents is 4. The van der Waals surface area contributed by atoms with Gasteiger partial charge in [0.2, 0.25) is 18.9 Å². The summed E-state index contributed by atoms with van der Waals surface area (Å²) in [5.41, 5.74) is 0.432. The molecule has 4 heterocycles. The maximum absolute atomic E-state index is 12.9. The number of rotatable bonds is 13. The first-order chi connectivity index (χ1) is 31.4. The summed E-state index contributed by atoms with van der Waals surface area (Å²) in [6.07, 6.45) is -23.6. The topological polar surface area (TPSA) is 398 Å². The zero-order chi connectivity index (χ0) is 47.7. The minimum absolute atomic E-state index is 0.0165. The van der Waals surface area contributed by atoms with Crippen LogP contribution in [-0.4, -0.2) is 199 Å². The number of benzene rings is 3. The number of ether oxygens (including phenoxy) is 8. The molecule has 0 saturated carbocycles. The lowest BCUT2D eigenvalue weighted by molar-refractivity contribution is -0.296. The van der Waals surface area contributed by atoms with Crippen molar-refractivity contribution in [1.29, 1.82) is 0 Å². The summed E-state index contributed by atoms with van der Waals surface area (Å²) < 4.78 is 43.9. The monoisotopic (exact) mass is 937 g/mol. The Bertz CT molecular complexity index is 2250. The molecule has 16 N–H and O–H groups in total. The third-order valence-corrected chi connectivity index (χ3v) is 11.1. The van der Waals surface area contributed by atoms with Gasteiger partial charge in [-0.2, -0.15) is 0 Å². The first-order valence-electron chi connectivity index (χ1n) is 20.2. The molecule has 3 aromatic carbocycles. The number of aliphatic hydroxyl groups excluding tert-OH is 11. The molecule has 16 atom stereocenters. The van der Waals surface area contributed by atoms with E-state index in [9.17, 15) is 81.4 Å². The van der Waals surface area contributed by atoms with E-state index in [-0.39, 0.29) is 39.7 Å². The minimum Gasteiger partial charge on any atom is -0.571 e. The SMILES string of the molecule is O=C(/C=C/c1ccc(O)c(O[C@@H]2O[C@@H](CO)[C@@H](O)[C@H](O)[C@H]2O)c1)OC[C@H]1O[C@@H](OC2=Cc3c(O[C@@H]4O[C@H](CO)[C@@H](O)[C@H](O)[C@H]4O)cc(O)cc3[OH+]C2c2ccc(O)c(O)c2)[C@H](O)[C@H](O)[C@@H]1O. The predicted octanol–water partition coefficient (Wildman–Crippen LogP) is -3.72. The Labute approximate surface area is 372 Å². The molecule has 0 spiro atoms. The Morgan fingerprint density at radius 1 is 0.591 bits per heavy atom. The van der Waals surface area contributed by atoms with Gasteiger partial charge >= 0.3 is 5.97 Å². The van der Waals surface area contributed by atoms with Crippen LogP contribution in [0.5, 0.6) is 40.2 Å². The van der Waals surface area contributed by atoms with Crippen LogP contribution in [0.4, 0.5) is 0 Å². The lowest BCUT2D eigenvalue weighted by Crippen LogP contribution is -2.60. The van der Waals surface area contributed by atoms with Crippen LogP contribution in [0, 0.1) is 0 Å². The van der Waals surface area contributed by atoms with Gasteiger partial charge < -0.3 is 114 Å². The molecule has 24 heteroatoms. The molecule has 0 aromatic heterocycles. The third-order valence-electron chi connectivity index (χ3n) is 11.1. The van der Waals surface area contributed by atoms with Crippen LogP contribution < -0.4 is 9.47 Å². The Morgan fingerprint density at radius 3 is 1.73 bits per heavy atom. The summed E-state index contributed by atoms with van der Waals surface area (Å²) in [6, 6.07) is 9.68. The van der Waals surface area contributed by atoms with Gasteiger partial charge in [-0.1, -0.05) is 6.07 Å². The molecular formula is C42H49O24+. The summed E-state index contributed by atoms with van der Waals surface area (Å²) in [4.78, 5) is 12.9. The largest absolute Gasteiger partial charge is 0.571 e. The van der Waals surface area contributed by atoms with E-state index in [1.54, 1.807) is 0 Å². The maximum Gasteiger partial charge on any atom is 0.330 e. The molecule has 360 valence electrons. The van der Waals surface area contributed by atoms with Gasteiger partial charge in [-0.3, -0.25) is 0 Å². The molecule has 0 bridgehead atoms. The fourth-order valence-corrected chi connectivity index (χ4v) is 7.39. The van der Waals surface area contributed by atoms with Crippen molar-refractivity contribution >= 4 is 18.1 Å². The average Bonchev–Trinajstić information content (AvgIpc) is 3.29. The standard InChI is InChI=1S/C42H48O24/c43-12-26-30(50)33(53)36(56)40(64-26)61-23-10-17(45)9-22-18(23)11-25(39(60-22)16-3-5-19(46)21(48)8-16)63-42-38(58)35(55)32(52)28(66-42)14-59-29(49)6-2-15-1-4-20(47)24(7-15)62-41-37(57)34(54)31(51)27(13-44)65-41/h1-11,26-28,30-48,50-58H,12-14H2/p+1/b6-2+/t26-,27+,28-,30-,31-,32-,33+,34+,35-,36-,37-,38-,39?,40-,41-,42-/m1/s1. The van der Waals surface area contributed by atoms with E-state index in [1.165, 1.54) is 42.5 Å². The Balaban J connectivity index is 1.08. The number of aromatic hydroxyl groups is 5. The molecule has 24 nitrogen and oxygen atoms in total. The molecule has 1 unspecified atom stereocenters. The van der Waals surface area contributed by atoms with Gasteiger partial charge in [0.25, 0.3) is 11.9 Å². The van der Waals surface area contributed by atoms with Crippen molar-refractivity contribution in [3.8, 4) is 40.2 Å². The zero-order valence-corrected chi connectivity index (χ0v) is 34.1. The van der Waals surface area contributed by atoms with Crippen molar-refractivity contribution in [3.63, 3.8) is 0 Å². The molecule has 7 rings (SSSR count). The van der Waals surface area contributed by atoms with E-state index in [0.29, 0.717) is 0 Å². The maximum atomic E-state index is 12.9. The van der Waals surface area contributed by atoms with Gasteiger partial charge in [-0.25, -0.2) is 4.79 Å². The number of fused-ring (bicyclic) bond motifs is 1. The van der Waals surface area contributed by atoms with Gasteiger partial charge in [0.05, 0.1) is 24.8 Å². The van der Waals surface area contributed by atoms with Crippen LogP contribution in [0.25, 0.3) is 12.2 Å². The third kappa shape index (κ3) is 10.1. The smallest absolute Gasteiger partial charge is 0.330 e.